The summed E-state index contributed by atoms with van der Waals surface area (Å²) in [6.45, 7) is 1.75. The zero-order valence-electron chi connectivity index (χ0n) is 11.5. The van der Waals surface area contributed by atoms with Gasteiger partial charge in [0.15, 0.2) is 0 Å². The van der Waals surface area contributed by atoms with Gasteiger partial charge in [-0.15, -0.1) is 0 Å². The van der Waals surface area contributed by atoms with Crippen molar-refractivity contribution < 1.29 is 9.59 Å². The Balaban J connectivity index is 1.61. The highest BCUT2D eigenvalue weighted by Gasteiger charge is 2.13. The van der Waals surface area contributed by atoms with Crippen LogP contribution in [0.5, 0.6) is 0 Å². The van der Waals surface area contributed by atoms with Crippen LogP contribution in [0.25, 0.3) is 0 Å². The van der Waals surface area contributed by atoms with Gasteiger partial charge < -0.3 is 16.0 Å². The number of carbonyl (C=O) groups is 2. The molecule has 1 aromatic rings. The Bertz CT molecular complexity index is 442. The van der Waals surface area contributed by atoms with Crippen molar-refractivity contribution in [2.75, 3.05) is 19.6 Å². The highest BCUT2D eigenvalue weighted by molar-refractivity contribution is 5.96. The average molecular weight is 275 g/mol. The second-order valence-electron chi connectivity index (χ2n) is 4.98. The van der Waals surface area contributed by atoms with Gasteiger partial charge in [0.2, 0.25) is 5.91 Å². The van der Waals surface area contributed by atoms with Gasteiger partial charge in [-0.3, -0.25) is 9.59 Å². The third-order valence-electron chi connectivity index (χ3n) is 3.42. The molecule has 20 heavy (non-hydrogen) atoms. The fraction of sp³-hybridized carbons (Fsp3) is 0.467. The number of rotatable bonds is 6. The first kappa shape index (κ1) is 14.5. The first-order valence-electron chi connectivity index (χ1n) is 7.09. The van der Waals surface area contributed by atoms with Crippen molar-refractivity contribution in [3.8, 4) is 0 Å². The number of hydrogen-bond donors (Lipinski definition) is 3. The molecule has 0 aromatic heterocycles. The molecule has 5 nitrogen and oxygen atoms in total. The Morgan fingerprint density at radius 3 is 2.70 bits per heavy atom. The number of nitrogens with one attached hydrogen (secondary N) is 3. The van der Waals surface area contributed by atoms with Gasteiger partial charge in [0, 0.05) is 18.2 Å². The van der Waals surface area contributed by atoms with Gasteiger partial charge >= 0.3 is 0 Å². The molecular formula is C15H21N3O2. The van der Waals surface area contributed by atoms with E-state index in [9.17, 15) is 9.59 Å². The summed E-state index contributed by atoms with van der Waals surface area (Å²) in [7, 11) is 0. The average Bonchev–Trinajstić information content (AvgIpc) is 2.99. The lowest BCUT2D eigenvalue weighted by Crippen LogP contribution is -2.38. The quantitative estimate of drug-likeness (QED) is 0.715. The first-order chi connectivity index (χ1) is 9.75. The smallest absolute Gasteiger partial charge is 0.251 e. The normalized spacial score (nSPS) is 17.7. The van der Waals surface area contributed by atoms with Gasteiger partial charge in [-0.2, -0.15) is 0 Å². The summed E-state index contributed by atoms with van der Waals surface area (Å²) in [6, 6.07) is 9.40. The molecule has 3 N–H and O–H groups in total. The fourth-order valence-electron chi connectivity index (χ4n) is 2.30. The molecule has 1 atom stereocenters. The van der Waals surface area contributed by atoms with E-state index < -0.39 is 0 Å². The van der Waals surface area contributed by atoms with Crippen molar-refractivity contribution in [1.82, 2.24) is 16.0 Å². The maximum atomic E-state index is 11.7. The van der Waals surface area contributed by atoms with E-state index in [0.717, 1.165) is 13.0 Å². The van der Waals surface area contributed by atoms with Crippen molar-refractivity contribution in [3.63, 3.8) is 0 Å². The SMILES string of the molecule is O=C(CNC(=O)c1ccccc1)NCCC1CCCN1. The molecule has 2 rings (SSSR count). The molecule has 2 amide bonds. The summed E-state index contributed by atoms with van der Waals surface area (Å²) < 4.78 is 0. The molecule has 0 radical (unpaired) electrons. The van der Waals surface area contributed by atoms with E-state index in [2.05, 4.69) is 16.0 Å². The Morgan fingerprint density at radius 2 is 2.00 bits per heavy atom. The van der Waals surface area contributed by atoms with Gasteiger partial charge in [0.25, 0.3) is 5.91 Å². The monoisotopic (exact) mass is 275 g/mol. The van der Waals surface area contributed by atoms with Crippen molar-refractivity contribution in [1.29, 1.82) is 0 Å². The van der Waals surface area contributed by atoms with Crippen LogP contribution in [0.2, 0.25) is 0 Å². The zero-order chi connectivity index (χ0) is 14.2. The van der Waals surface area contributed by atoms with Gasteiger partial charge in [-0.1, -0.05) is 18.2 Å². The fourth-order valence-corrected chi connectivity index (χ4v) is 2.30. The molecule has 1 saturated heterocycles. The molecule has 1 aliphatic heterocycles. The molecule has 0 spiro atoms. The predicted octanol–water partition coefficient (Wildman–Crippen LogP) is 0.675. The van der Waals surface area contributed by atoms with E-state index in [-0.39, 0.29) is 18.4 Å². The van der Waals surface area contributed by atoms with E-state index in [1.807, 2.05) is 6.07 Å². The lowest BCUT2D eigenvalue weighted by molar-refractivity contribution is -0.120. The van der Waals surface area contributed by atoms with Crippen LogP contribution in [-0.2, 0) is 4.79 Å². The number of amides is 2. The van der Waals surface area contributed by atoms with Gasteiger partial charge in [-0.05, 0) is 37.9 Å². The van der Waals surface area contributed by atoms with Crippen LogP contribution in [0.15, 0.2) is 30.3 Å². The molecule has 1 fully saturated rings. The Morgan fingerprint density at radius 1 is 1.20 bits per heavy atom. The molecule has 108 valence electrons. The van der Waals surface area contributed by atoms with Gasteiger partial charge in [0.05, 0.1) is 6.54 Å². The summed E-state index contributed by atoms with van der Waals surface area (Å²) in [5, 5.41) is 8.81. The highest BCUT2D eigenvalue weighted by atomic mass is 16.2. The molecule has 1 aliphatic rings. The summed E-state index contributed by atoms with van der Waals surface area (Å²) in [5.74, 6) is -0.370. The van der Waals surface area contributed by atoms with Crippen LogP contribution in [-0.4, -0.2) is 37.5 Å². The first-order valence-corrected chi connectivity index (χ1v) is 7.09. The Kier molecular flexibility index (Phi) is 5.55. The van der Waals surface area contributed by atoms with E-state index in [4.69, 9.17) is 0 Å². The van der Waals surface area contributed by atoms with E-state index in [0.29, 0.717) is 18.2 Å². The summed E-state index contributed by atoms with van der Waals surface area (Å²) >= 11 is 0. The molecule has 0 bridgehead atoms. The van der Waals surface area contributed by atoms with E-state index in [1.54, 1.807) is 24.3 Å². The molecular weight excluding hydrogens is 254 g/mol. The Labute approximate surface area is 119 Å². The lowest BCUT2D eigenvalue weighted by atomic mass is 10.1. The minimum absolute atomic E-state index is 0.0197. The summed E-state index contributed by atoms with van der Waals surface area (Å²) in [4.78, 5) is 23.3. The molecule has 0 aliphatic carbocycles. The van der Waals surface area contributed by atoms with Crippen LogP contribution < -0.4 is 16.0 Å². The largest absolute Gasteiger partial charge is 0.355 e. The zero-order valence-corrected chi connectivity index (χ0v) is 11.5. The maximum Gasteiger partial charge on any atom is 0.251 e. The summed E-state index contributed by atoms with van der Waals surface area (Å²) in [5.41, 5.74) is 0.565. The number of benzene rings is 1. The third-order valence-corrected chi connectivity index (χ3v) is 3.42. The van der Waals surface area contributed by atoms with Gasteiger partial charge in [0.1, 0.15) is 0 Å². The number of hydrogen-bond acceptors (Lipinski definition) is 3. The van der Waals surface area contributed by atoms with Crippen LogP contribution >= 0.6 is 0 Å². The van der Waals surface area contributed by atoms with E-state index >= 15 is 0 Å². The van der Waals surface area contributed by atoms with Crippen molar-refractivity contribution in [2.45, 2.75) is 25.3 Å². The van der Waals surface area contributed by atoms with Crippen LogP contribution in [0.4, 0.5) is 0 Å². The predicted molar refractivity (Wildman–Crippen MR) is 77.4 cm³/mol. The second-order valence-corrected chi connectivity index (χ2v) is 4.98. The highest BCUT2D eigenvalue weighted by Crippen LogP contribution is 2.07. The minimum Gasteiger partial charge on any atom is -0.355 e. The van der Waals surface area contributed by atoms with Crippen LogP contribution in [0.3, 0.4) is 0 Å². The molecule has 0 saturated carbocycles. The van der Waals surface area contributed by atoms with Gasteiger partial charge in [-0.25, -0.2) is 0 Å². The summed E-state index contributed by atoms with van der Waals surface area (Å²) in [6.07, 6.45) is 3.34. The minimum atomic E-state index is -0.224. The molecule has 1 aromatic carbocycles. The molecule has 1 unspecified atom stereocenters. The van der Waals surface area contributed by atoms with Crippen LogP contribution in [0.1, 0.15) is 29.6 Å². The standard InChI is InChI=1S/C15H21N3O2/c19-14(17-10-8-13-7-4-9-16-13)11-18-15(20)12-5-2-1-3-6-12/h1-3,5-6,13,16H,4,7-11H2,(H,17,19)(H,18,20). The third kappa shape index (κ3) is 4.66. The van der Waals surface area contributed by atoms with Crippen molar-refractivity contribution in [3.05, 3.63) is 35.9 Å². The lowest BCUT2D eigenvalue weighted by Gasteiger charge is -2.11. The molecule has 1 heterocycles. The van der Waals surface area contributed by atoms with Crippen LogP contribution in [0, 0.1) is 0 Å². The maximum absolute atomic E-state index is 11.7. The van der Waals surface area contributed by atoms with Crippen molar-refractivity contribution in [2.24, 2.45) is 0 Å². The van der Waals surface area contributed by atoms with Crippen molar-refractivity contribution >= 4 is 11.8 Å². The molecule has 5 heteroatoms. The number of carbonyl (C=O) groups excluding carboxylic acids is 2. The van der Waals surface area contributed by atoms with E-state index in [1.165, 1.54) is 12.8 Å². The second kappa shape index (κ2) is 7.65. The topological polar surface area (TPSA) is 70.2 Å². The Hall–Kier alpha value is -1.88.